The van der Waals surface area contributed by atoms with Gasteiger partial charge in [0.05, 0.1) is 16.3 Å². The number of rotatable bonds is 4. The molecule has 0 aliphatic carbocycles. The number of carbonyl (C=O) groups excluding carboxylic acids is 2. The van der Waals surface area contributed by atoms with Gasteiger partial charge in [0.1, 0.15) is 5.70 Å². The maximum atomic E-state index is 13.3. The third kappa shape index (κ3) is 3.53. The number of aryl methyl sites for hydroxylation is 1. The van der Waals surface area contributed by atoms with Crippen LogP contribution in [0.2, 0.25) is 10.0 Å². The van der Waals surface area contributed by atoms with Gasteiger partial charge >= 0.3 is 0 Å². The van der Waals surface area contributed by atoms with Crippen LogP contribution in [0.1, 0.15) is 11.1 Å². The Hall–Kier alpha value is -3.08. The molecule has 144 valence electrons. The van der Waals surface area contributed by atoms with Crippen LogP contribution >= 0.6 is 23.2 Å². The van der Waals surface area contributed by atoms with E-state index in [4.69, 9.17) is 23.2 Å². The fraction of sp³-hybridized carbons (Fsp3) is 0.0435. The molecule has 1 aliphatic rings. The third-order valence-electron chi connectivity index (χ3n) is 4.70. The van der Waals surface area contributed by atoms with E-state index in [0.29, 0.717) is 27.0 Å². The predicted molar refractivity (Wildman–Crippen MR) is 117 cm³/mol. The van der Waals surface area contributed by atoms with Gasteiger partial charge in [0.25, 0.3) is 11.8 Å². The van der Waals surface area contributed by atoms with Gasteiger partial charge in [-0.2, -0.15) is 0 Å². The minimum atomic E-state index is -0.471. The lowest BCUT2D eigenvalue weighted by atomic mass is 10.0. The lowest BCUT2D eigenvalue weighted by Gasteiger charge is -2.17. The maximum Gasteiger partial charge on any atom is 0.282 e. The van der Waals surface area contributed by atoms with Crippen molar-refractivity contribution in [3.63, 3.8) is 0 Å². The van der Waals surface area contributed by atoms with Crippen molar-refractivity contribution in [2.45, 2.75) is 6.92 Å². The van der Waals surface area contributed by atoms with Crippen molar-refractivity contribution in [2.24, 2.45) is 0 Å². The molecule has 0 bridgehead atoms. The van der Waals surface area contributed by atoms with E-state index in [1.54, 1.807) is 48.5 Å². The lowest BCUT2D eigenvalue weighted by Crippen LogP contribution is -2.32. The summed E-state index contributed by atoms with van der Waals surface area (Å²) in [7, 11) is 0. The van der Waals surface area contributed by atoms with Crippen molar-refractivity contribution >= 4 is 52.0 Å². The standard InChI is InChI=1S/C23H16Cl2N2O2/c1-14-11-12-16(24)13-18(14)26-21-20(15-7-3-2-4-8-15)22(28)27(23(21)29)19-10-6-5-9-17(19)25/h2-13,26H,1H3. The average Bonchev–Trinajstić information content (AvgIpc) is 2.96. The van der Waals surface area contributed by atoms with Gasteiger partial charge in [-0.15, -0.1) is 0 Å². The molecule has 0 saturated carbocycles. The van der Waals surface area contributed by atoms with Crippen molar-refractivity contribution < 1.29 is 9.59 Å². The van der Waals surface area contributed by atoms with E-state index < -0.39 is 11.8 Å². The second kappa shape index (κ2) is 7.74. The quantitative estimate of drug-likeness (QED) is 0.548. The summed E-state index contributed by atoms with van der Waals surface area (Å²) in [5, 5.41) is 3.99. The molecular formula is C23H16Cl2N2O2. The van der Waals surface area contributed by atoms with E-state index in [9.17, 15) is 9.59 Å². The summed E-state index contributed by atoms with van der Waals surface area (Å²) in [6.07, 6.45) is 0. The molecule has 0 atom stereocenters. The smallest absolute Gasteiger partial charge is 0.282 e. The maximum absolute atomic E-state index is 13.3. The Morgan fingerprint density at radius 3 is 2.24 bits per heavy atom. The SMILES string of the molecule is Cc1ccc(Cl)cc1NC1=C(c2ccccc2)C(=O)N(c2ccccc2Cl)C1=O. The monoisotopic (exact) mass is 422 g/mol. The minimum absolute atomic E-state index is 0.187. The predicted octanol–water partition coefficient (Wildman–Crippen LogP) is 5.70. The van der Waals surface area contributed by atoms with E-state index in [1.165, 1.54) is 0 Å². The van der Waals surface area contributed by atoms with Crippen LogP contribution in [0.3, 0.4) is 0 Å². The van der Waals surface area contributed by atoms with Crippen molar-refractivity contribution in [1.29, 1.82) is 0 Å². The third-order valence-corrected chi connectivity index (χ3v) is 5.25. The van der Waals surface area contributed by atoms with Crippen molar-refractivity contribution in [2.75, 3.05) is 10.2 Å². The zero-order valence-electron chi connectivity index (χ0n) is 15.4. The number of carbonyl (C=O) groups is 2. The van der Waals surface area contributed by atoms with E-state index in [-0.39, 0.29) is 11.3 Å². The fourth-order valence-electron chi connectivity index (χ4n) is 3.23. The molecule has 4 nitrogen and oxygen atoms in total. The molecule has 2 amide bonds. The van der Waals surface area contributed by atoms with E-state index in [0.717, 1.165) is 10.5 Å². The second-order valence-corrected chi connectivity index (χ2v) is 7.44. The first-order valence-electron chi connectivity index (χ1n) is 8.93. The van der Waals surface area contributed by atoms with Crippen LogP contribution in [0.15, 0.2) is 78.5 Å². The molecule has 6 heteroatoms. The van der Waals surface area contributed by atoms with Gasteiger partial charge < -0.3 is 5.32 Å². The number of nitrogens with one attached hydrogen (secondary N) is 1. The van der Waals surface area contributed by atoms with Crippen molar-refractivity contribution in [3.8, 4) is 0 Å². The van der Waals surface area contributed by atoms with Gasteiger partial charge in [0.15, 0.2) is 0 Å². The molecule has 0 radical (unpaired) electrons. The summed E-state index contributed by atoms with van der Waals surface area (Å²) in [5.41, 5.74) is 3.01. The van der Waals surface area contributed by atoms with Crippen LogP contribution in [0.5, 0.6) is 0 Å². The molecule has 0 unspecified atom stereocenters. The fourth-order valence-corrected chi connectivity index (χ4v) is 3.63. The van der Waals surface area contributed by atoms with Crippen LogP contribution in [0, 0.1) is 6.92 Å². The topological polar surface area (TPSA) is 49.4 Å². The van der Waals surface area contributed by atoms with E-state index >= 15 is 0 Å². The van der Waals surface area contributed by atoms with Crippen LogP contribution in [-0.4, -0.2) is 11.8 Å². The normalized spacial score (nSPS) is 14.0. The number of benzene rings is 3. The minimum Gasteiger partial charge on any atom is -0.350 e. The number of amides is 2. The van der Waals surface area contributed by atoms with Gasteiger partial charge in [0.2, 0.25) is 0 Å². The molecule has 1 heterocycles. The molecule has 0 fully saturated rings. The first kappa shape index (κ1) is 19.2. The number of hydrogen-bond donors (Lipinski definition) is 1. The zero-order valence-corrected chi connectivity index (χ0v) is 17.0. The zero-order chi connectivity index (χ0) is 20.5. The molecule has 0 saturated heterocycles. The van der Waals surface area contributed by atoms with E-state index in [2.05, 4.69) is 5.32 Å². The number of imide groups is 1. The highest BCUT2D eigenvalue weighted by atomic mass is 35.5. The van der Waals surface area contributed by atoms with Gasteiger partial charge in [-0.1, -0.05) is 71.7 Å². The summed E-state index contributed by atoms with van der Waals surface area (Å²) < 4.78 is 0. The van der Waals surface area contributed by atoms with Gasteiger partial charge in [-0.25, -0.2) is 4.90 Å². The molecule has 4 rings (SSSR count). The molecule has 3 aromatic rings. The van der Waals surface area contributed by atoms with Crippen LogP contribution in [0.25, 0.3) is 5.57 Å². The van der Waals surface area contributed by atoms with E-state index in [1.807, 2.05) is 31.2 Å². The molecule has 0 spiro atoms. The number of anilines is 2. The summed E-state index contributed by atoms with van der Waals surface area (Å²) in [6, 6.07) is 21.2. The Morgan fingerprint density at radius 2 is 1.52 bits per heavy atom. The highest BCUT2D eigenvalue weighted by molar-refractivity contribution is 6.48. The number of para-hydroxylation sites is 1. The van der Waals surface area contributed by atoms with Gasteiger partial charge in [-0.3, -0.25) is 9.59 Å². The molecule has 29 heavy (non-hydrogen) atoms. The van der Waals surface area contributed by atoms with Gasteiger partial charge in [-0.05, 0) is 42.3 Å². The van der Waals surface area contributed by atoms with Crippen LogP contribution < -0.4 is 10.2 Å². The Morgan fingerprint density at radius 1 is 0.828 bits per heavy atom. The van der Waals surface area contributed by atoms with Crippen LogP contribution in [0.4, 0.5) is 11.4 Å². The van der Waals surface area contributed by atoms with Crippen molar-refractivity contribution in [3.05, 3.63) is 99.7 Å². The van der Waals surface area contributed by atoms with Gasteiger partial charge in [0, 0.05) is 10.7 Å². The summed E-state index contributed by atoms with van der Waals surface area (Å²) in [6.45, 7) is 1.90. The Kier molecular flexibility index (Phi) is 5.14. The lowest BCUT2D eigenvalue weighted by molar-refractivity contribution is -0.120. The summed E-state index contributed by atoms with van der Waals surface area (Å²) >= 11 is 12.4. The summed E-state index contributed by atoms with van der Waals surface area (Å²) in [4.78, 5) is 27.8. The highest BCUT2D eigenvalue weighted by Gasteiger charge is 2.41. The van der Waals surface area contributed by atoms with Crippen molar-refractivity contribution in [1.82, 2.24) is 0 Å². The second-order valence-electron chi connectivity index (χ2n) is 6.60. The molecule has 1 aliphatic heterocycles. The first-order chi connectivity index (χ1) is 14.0. The number of nitrogens with zero attached hydrogens (tertiary/aromatic N) is 1. The number of halogens is 2. The molecule has 0 aromatic heterocycles. The Balaban J connectivity index is 1.86. The molecule has 3 aromatic carbocycles. The molecular weight excluding hydrogens is 407 g/mol. The summed E-state index contributed by atoms with van der Waals surface area (Å²) in [5.74, 6) is -0.905. The Bertz CT molecular complexity index is 1160. The Labute approximate surface area is 178 Å². The molecule has 1 N–H and O–H groups in total. The van der Waals surface area contributed by atoms with Crippen LogP contribution in [-0.2, 0) is 9.59 Å². The first-order valence-corrected chi connectivity index (χ1v) is 9.69. The number of hydrogen-bond acceptors (Lipinski definition) is 3. The average molecular weight is 423 g/mol. The largest absolute Gasteiger partial charge is 0.350 e. The highest BCUT2D eigenvalue weighted by Crippen LogP contribution is 2.37.